The molecule has 1 aromatic carbocycles. The van der Waals surface area contributed by atoms with E-state index in [1.807, 2.05) is 32.7 Å². The monoisotopic (exact) mass is 297 g/mol. The minimum atomic E-state index is -0.492. The number of nitrogens with zero attached hydrogens (tertiary/aromatic N) is 1. The number of carbonyl (C=O) groups is 1. The topological polar surface area (TPSA) is 49.8 Å². The first kappa shape index (κ1) is 17.6. The Labute approximate surface area is 125 Å². The Hall–Kier alpha value is -1.46. The first-order valence-electron chi connectivity index (χ1n) is 6.88. The van der Waals surface area contributed by atoms with Gasteiger partial charge < -0.3 is 9.84 Å². The number of likely N-dealkylation sites (N-methyl/N-ethyl adjacent to an activating group) is 1. The number of aliphatic hydroxyl groups excluding tert-OH is 1. The van der Waals surface area contributed by atoms with E-state index in [0.29, 0.717) is 17.7 Å². The Morgan fingerprint density at radius 3 is 2.52 bits per heavy atom. The van der Waals surface area contributed by atoms with Crippen molar-refractivity contribution in [2.24, 2.45) is 5.41 Å². The molecule has 1 aromatic rings. The van der Waals surface area contributed by atoms with Crippen LogP contribution in [-0.4, -0.2) is 42.8 Å². The number of aliphatic hydroxyl groups is 1. The van der Waals surface area contributed by atoms with Crippen molar-refractivity contribution in [1.29, 1.82) is 0 Å². The van der Waals surface area contributed by atoms with Gasteiger partial charge in [-0.25, -0.2) is 9.18 Å². The third-order valence-corrected chi connectivity index (χ3v) is 3.59. The Morgan fingerprint density at radius 1 is 1.43 bits per heavy atom. The number of hydrogen-bond acceptors (Lipinski definition) is 4. The van der Waals surface area contributed by atoms with Crippen LogP contribution >= 0.6 is 0 Å². The quantitative estimate of drug-likeness (QED) is 0.848. The van der Waals surface area contributed by atoms with Crippen LogP contribution in [0.1, 0.15) is 36.7 Å². The molecule has 0 amide bonds. The second kappa shape index (κ2) is 7.00. The fourth-order valence-corrected chi connectivity index (χ4v) is 2.39. The van der Waals surface area contributed by atoms with Gasteiger partial charge in [0.05, 0.1) is 19.3 Å². The lowest BCUT2D eigenvalue weighted by Gasteiger charge is -2.36. The molecule has 0 aliphatic rings. The Bertz CT molecular complexity index is 497. The van der Waals surface area contributed by atoms with Gasteiger partial charge in [0.25, 0.3) is 0 Å². The highest BCUT2D eigenvalue weighted by atomic mass is 19.1. The molecule has 0 heterocycles. The highest BCUT2D eigenvalue weighted by Gasteiger charge is 2.28. The molecule has 0 radical (unpaired) electrons. The standard InChI is InChI=1S/C16H24FNO3/c1-16(2,3)14(10-19)18(4)9-12-8-11(15(20)21-5)6-7-13(12)17/h6-8,14,19H,9-10H2,1-5H3. The third kappa shape index (κ3) is 4.51. The second-order valence-corrected chi connectivity index (χ2v) is 6.28. The largest absolute Gasteiger partial charge is 0.465 e. The molecule has 0 aromatic heterocycles. The van der Waals surface area contributed by atoms with Crippen molar-refractivity contribution < 1.29 is 19.0 Å². The van der Waals surface area contributed by atoms with Gasteiger partial charge in [-0.15, -0.1) is 0 Å². The first-order chi connectivity index (χ1) is 9.70. The number of rotatable bonds is 5. The predicted octanol–water partition coefficient (Wildman–Crippen LogP) is 2.45. The van der Waals surface area contributed by atoms with Crippen LogP contribution < -0.4 is 0 Å². The molecule has 1 rings (SSSR count). The zero-order valence-corrected chi connectivity index (χ0v) is 13.3. The van der Waals surface area contributed by atoms with Gasteiger partial charge in [0.1, 0.15) is 5.82 Å². The van der Waals surface area contributed by atoms with Crippen LogP contribution in [0.25, 0.3) is 0 Å². The summed E-state index contributed by atoms with van der Waals surface area (Å²) in [6.07, 6.45) is 0. The molecule has 5 heteroatoms. The average Bonchev–Trinajstić information content (AvgIpc) is 2.39. The normalized spacial score (nSPS) is 13.3. The summed E-state index contributed by atoms with van der Waals surface area (Å²) >= 11 is 0. The van der Waals surface area contributed by atoms with E-state index in [1.54, 1.807) is 0 Å². The van der Waals surface area contributed by atoms with Crippen LogP contribution in [0.15, 0.2) is 18.2 Å². The van der Waals surface area contributed by atoms with Gasteiger partial charge in [-0.1, -0.05) is 20.8 Å². The number of hydrogen-bond donors (Lipinski definition) is 1. The van der Waals surface area contributed by atoms with Crippen LogP contribution in [-0.2, 0) is 11.3 Å². The first-order valence-corrected chi connectivity index (χ1v) is 6.88. The summed E-state index contributed by atoms with van der Waals surface area (Å²) in [7, 11) is 3.12. The van der Waals surface area contributed by atoms with Crippen LogP contribution in [0.4, 0.5) is 4.39 Å². The maximum absolute atomic E-state index is 13.9. The maximum atomic E-state index is 13.9. The van der Waals surface area contributed by atoms with Gasteiger partial charge in [0.2, 0.25) is 0 Å². The molecule has 0 aliphatic carbocycles. The second-order valence-electron chi connectivity index (χ2n) is 6.28. The van der Waals surface area contributed by atoms with E-state index >= 15 is 0 Å². The summed E-state index contributed by atoms with van der Waals surface area (Å²) in [6, 6.07) is 4.05. The van der Waals surface area contributed by atoms with E-state index in [-0.39, 0.29) is 23.9 Å². The zero-order chi connectivity index (χ0) is 16.2. The summed E-state index contributed by atoms with van der Waals surface area (Å²) in [6.45, 7) is 6.35. The fraction of sp³-hybridized carbons (Fsp3) is 0.562. The summed E-state index contributed by atoms with van der Waals surface area (Å²) in [5.41, 5.74) is 0.585. The van der Waals surface area contributed by atoms with E-state index in [4.69, 9.17) is 0 Å². The molecule has 0 spiro atoms. The molecule has 4 nitrogen and oxygen atoms in total. The smallest absolute Gasteiger partial charge is 0.337 e. The number of methoxy groups -OCH3 is 1. The minimum absolute atomic E-state index is 0.0156. The van der Waals surface area contributed by atoms with Crippen molar-refractivity contribution in [2.75, 3.05) is 20.8 Å². The average molecular weight is 297 g/mol. The molecule has 21 heavy (non-hydrogen) atoms. The molecule has 0 fully saturated rings. The number of carbonyl (C=O) groups excluding carboxylic acids is 1. The van der Waals surface area contributed by atoms with E-state index in [2.05, 4.69) is 4.74 Å². The van der Waals surface area contributed by atoms with E-state index in [9.17, 15) is 14.3 Å². The molecule has 1 atom stereocenters. The number of esters is 1. The Kier molecular flexibility index (Phi) is 5.87. The van der Waals surface area contributed by atoms with E-state index in [0.717, 1.165) is 0 Å². The Balaban J connectivity index is 2.98. The lowest BCUT2D eigenvalue weighted by atomic mass is 9.86. The molecule has 0 bridgehead atoms. The molecular formula is C16H24FNO3. The molecule has 0 saturated carbocycles. The molecule has 1 unspecified atom stereocenters. The van der Waals surface area contributed by atoms with Crippen LogP contribution in [0.5, 0.6) is 0 Å². The summed E-state index contributed by atoms with van der Waals surface area (Å²) in [5, 5.41) is 9.55. The maximum Gasteiger partial charge on any atom is 0.337 e. The molecular weight excluding hydrogens is 273 g/mol. The molecule has 0 aliphatic heterocycles. The summed E-state index contributed by atoms with van der Waals surface area (Å²) in [4.78, 5) is 13.4. The SMILES string of the molecule is COC(=O)c1ccc(F)c(CN(C)C(CO)C(C)(C)C)c1. The van der Waals surface area contributed by atoms with Crippen molar-refractivity contribution >= 4 is 5.97 Å². The van der Waals surface area contributed by atoms with Crippen molar-refractivity contribution in [1.82, 2.24) is 4.90 Å². The predicted molar refractivity (Wildman–Crippen MR) is 79.5 cm³/mol. The van der Waals surface area contributed by atoms with Gasteiger partial charge in [0, 0.05) is 18.2 Å². The van der Waals surface area contributed by atoms with Crippen LogP contribution in [0, 0.1) is 11.2 Å². The van der Waals surface area contributed by atoms with E-state index in [1.165, 1.54) is 25.3 Å². The number of ether oxygens (including phenoxy) is 1. The molecule has 0 saturated heterocycles. The van der Waals surface area contributed by atoms with Crippen LogP contribution in [0.3, 0.4) is 0 Å². The number of halogens is 1. The molecule has 118 valence electrons. The van der Waals surface area contributed by atoms with Crippen LogP contribution in [0.2, 0.25) is 0 Å². The highest BCUT2D eigenvalue weighted by molar-refractivity contribution is 5.89. The Morgan fingerprint density at radius 2 is 2.05 bits per heavy atom. The van der Waals surface area contributed by atoms with Crippen molar-refractivity contribution in [2.45, 2.75) is 33.4 Å². The van der Waals surface area contributed by atoms with E-state index < -0.39 is 5.97 Å². The summed E-state index contributed by atoms with van der Waals surface area (Å²) in [5.74, 6) is -0.867. The number of benzene rings is 1. The van der Waals surface area contributed by atoms with Gasteiger partial charge in [0.15, 0.2) is 0 Å². The van der Waals surface area contributed by atoms with Gasteiger partial charge in [-0.3, -0.25) is 4.90 Å². The third-order valence-electron chi connectivity index (χ3n) is 3.59. The van der Waals surface area contributed by atoms with Crippen molar-refractivity contribution in [3.05, 3.63) is 35.1 Å². The zero-order valence-electron chi connectivity index (χ0n) is 13.3. The van der Waals surface area contributed by atoms with Gasteiger partial charge in [-0.05, 0) is 30.7 Å². The lowest BCUT2D eigenvalue weighted by molar-refractivity contribution is 0.0587. The lowest BCUT2D eigenvalue weighted by Crippen LogP contribution is -2.44. The van der Waals surface area contributed by atoms with Gasteiger partial charge in [-0.2, -0.15) is 0 Å². The minimum Gasteiger partial charge on any atom is -0.465 e. The highest BCUT2D eigenvalue weighted by Crippen LogP contribution is 2.25. The van der Waals surface area contributed by atoms with Crippen molar-refractivity contribution in [3.8, 4) is 0 Å². The van der Waals surface area contributed by atoms with Crippen molar-refractivity contribution in [3.63, 3.8) is 0 Å². The summed E-state index contributed by atoms with van der Waals surface area (Å²) < 4.78 is 18.6. The van der Waals surface area contributed by atoms with Gasteiger partial charge >= 0.3 is 5.97 Å². The molecule has 1 N–H and O–H groups in total. The fourth-order valence-electron chi connectivity index (χ4n) is 2.39.